The summed E-state index contributed by atoms with van der Waals surface area (Å²) in [7, 11) is 0. The Bertz CT molecular complexity index is 5000. The van der Waals surface area contributed by atoms with Gasteiger partial charge in [0, 0.05) is 96.9 Å². The molecular weight excluding hydrogens is 1140 g/mol. The summed E-state index contributed by atoms with van der Waals surface area (Å²) >= 11 is 0. The smallest absolute Gasteiger partial charge is 0.252 e. The van der Waals surface area contributed by atoms with E-state index in [0.717, 1.165) is 28.9 Å². The molecule has 0 radical (unpaired) electrons. The summed E-state index contributed by atoms with van der Waals surface area (Å²) in [6.45, 7) is -0.270. The van der Waals surface area contributed by atoms with Gasteiger partial charge in [0.2, 0.25) is 0 Å². The van der Waals surface area contributed by atoms with Gasteiger partial charge < -0.3 is 24.5 Å². The number of anilines is 13. The Morgan fingerprint density at radius 2 is 0.564 bits per heavy atom. The maximum Gasteiger partial charge on any atom is 0.252 e. The molecule has 13 aromatic rings. The molecule has 21 rings (SSSR count). The monoisotopic (exact) mass is 1200 g/mol. The Kier molecular flexibility index (Phi) is 12.1. The fraction of sp³-hybridized carbons (Fsp3) is 0.103. The van der Waals surface area contributed by atoms with E-state index < -0.39 is 0 Å². The minimum Gasteiger partial charge on any atom is -0.365 e. The molecule has 2 saturated carbocycles. The van der Waals surface area contributed by atoms with Crippen molar-refractivity contribution in [2.75, 3.05) is 24.5 Å². The van der Waals surface area contributed by atoms with Crippen molar-refractivity contribution < 1.29 is 0 Å². The Labute approximate surface area is 551 Å². The minimum absolute atomic E-state index is 0.123. The molecule has 0 aromatic heterocycles. The van der Waals surface area contributed by atoms with E-state index in [0.29, 0.717) is 12.1 Å². The van der Waals surface area contributed by atoms with Crippen molar-refractivity contribution in [3.63, 3.8) is 0 Å². The fourth-order valence-electron chi connectivity index (χ4n) is 18.6. The van der Waals surface area contributed by atoms with Crippen LogP contribution in [0, 0.1) is 11.8 Å². The lowest BCUT2D eigenvalue weighted by atomic mass is 9.30. The van der Waals surface area contributed by atoms with Crippen molar-refractivity contribution in [3.8, 4) is 44.5 Å². The summed E-state index contributed by atoms with van der Waals surface area (Å²) in [6, 6.07) is 118. The van der Waals surface area contributed by atoms with Crippen LogP contribution in [0.4, 0.5) is 73.9 Å². The number of rotatable bonds is 9. The average Bonchev–Trinajstić information content (AvgIpc) is 0.698. The van der Waals surface area contributed by atoms with Crippen LogP contribution in [-0.4, -0.2) is 25.5 Å². The van der Waals surface area contributed by atoms with Crippen LogP contribution >= 0.6 is 0 Å². The first-order valence-corrected chi connectivity index (χ1v) is 33.9. The Morgan fingerprint density at radius 3 is 1.02 bits per heavy atom. The van der Waals surface area contributed by atoms with Gasteiger partial charge in [-0.15, -0.1) is 0 Å². The fourth-order valence-corrected chi connectivity index (χ4v) is 18.6. The molecule has 4 bridgehead atoms. The molecule has 4 fully saturated rings. The van der Waals surface area contributed by atoms with Crippen LogP contribution in [0.15, 0.2) is 309 Å². The highest BCUT2D eigenvalue weighted by Crippen LogP contribution is 2.57. The van der Waals surface area contributed by atoms with Gasteiger partial charge in [-0.25, -0.2) is 0 Å². The number of para-hydroxylation sites is 6. The first-order valence-electron chi connectivity index (χ1n) is 33.9. The van der Waals surface area contributed by atoms with Crippen LogP contribution in [-0.2, 0) is 0 Å². The maximum absolute atomic E-state index is 2.94. The largest absolute Gasteiger partial charge is 0.365 e. The van der Waals surface area contributed by atoms with Crippen LogP contribution in [0.3, 0.4) is 0 Å². The third kappa shape index (κ3) is 8.10. The van der Waals surface area contributed by atoms with Gasteiger partial charge in [0.15, 0.2) is 0 Å². The summed E-state index contributed by atoms with van der Waals surface area (Å²) in [5.74, 6) is 1.62. The van der Waals surface area contributed by atoms with Gasteiger partial charge in [-0.05, 0) is 166 Å². The van der Waals surface area contributed by atoms with Crippen molar-refractivity contribution in [3.05, 3.63) is 309 Å². The van der Waals surface area contributed by atoms with Crippen molar-refractivity contribution in [2.45, 2.75) is 44.2 Å². The number of benzene rings is 13. The molecule has 0 amide bonds. The van der Waals surface area contributed by atoms with E-state index in [1.807, 2.05) is 0 Å². The molecule has 2 saturated heterocycles. The SMILES string of the molecule is c1ccc(-c2cccc(-c3ccccc3)c2N2c3cc4c(cc3B3c5ccccc5N(c5ccccc5)c5cccc2c53)B2c3ccccc3N(c3c(-c5ccccc5)cccc3-c3ccccc3)c3cc(N5C6CC7CC(C6)CC5C7)cc(c32)N4c2ccccc2)cc1. The second kappa shape index (κ2) is 21.3. The molecule has 6 aliphatic heterocycles. The van der Waals surface area contributed by atoms with E-state index >= 15 is 0 Å². The van der Waals surface area contributed by atoms with Gasteiger partial charge in [-0.3, -0.25) is 0 Å². The molecule has 8 aliphatic rings. The number of piperidine rings is 2. The summed E-state index contributed by atoms with van der Waals surface area (Å²) < 4.78 is 0. The van der Waals surface area contributed by atoms with Gasteiger partial charge in [-0.2, -0.15) is 0 Å². The molecule has 2 aliphatic carbocycles. The number of hydrogen-bond acceptors (Lipinski definition) is 5. The Morgan fingerprint density at radius 1 is 0.234 bits per heavy atom. The maximum atomic E-state index is 2.94. The molecule has 6 heterocycles. The van der Waals surface area contributed by atoms with Crippen LogP contribution < -0.4 is 57.3 Å². The molecule has 5 nitrogen and oxygen atoms in total. The van der Waals surface area contributed by atoms with E-state index in [4.69, 9.17) is 0 Å². The van der Waals surface area contributed by atoms with E-state index in [1.165, 1.54) is 166 Å². The third-order valence-electron chi connectivity index (χ3n) is 22.0. The van der Waals surface area contributed by atoms with Crippen molar-refractivity contribution >= 4 is 120 Å². The lowest BCUT2D eigenvalue weighted by Gasteiger charge is -2.58. The highest BCUT2D eigenvalue weighted by Gasteiger charge is 2.51. The zero-order valence-electron chi connectivity index (χ0n) is 52.2. The molecular formula is C87H65B2N5. The van der Waals surface area contributed by atoms with E-state index in [-0.39, 0.29) is 13.4 Å². The van der Waals surface area contributed by atoms with E-state index in [9.17, 15) is 0 Å². The van der Waals surface area contributed by atoms with Crippen molar-refractivity contribution in [1.82, 2.24) is 0 Å². The Hall–Kier alpha value is -11.0. The summed E-state index contributed by atoms with van der Waals surface area (Å²) in [6.07, 6.45) is 6.46. The van der Waals surface area contributed by atoms with E-state index in [2.05, 4.69) is 334 Å². The highest BCUT2D eigenvalue weighted by atomic mass is 15.2. The summed E-state index contributed by atoms with van der Waals surface area (Å²) in [5.41, 5.74) is 32.9. The molecule has 0 N–H and O–H groups in total. The van der Waals surface area contributed by atoms with Crippen LogP contribution in [0.5, 0.6) is 0 Å². The first-order chi connectivity index (χ1) is 46.7. The topological polar surface area (TPSA) is 16.2 Å². The van der Waals surface area contributed by atoms with Crippen molar-refractivity contribution in [1.29, 1.82) is 0 Å². The molecule has 0 unspecified atom stereocenters. The normalized spacial score (nSPS) is 18.1. The van der Waals surface area contributed by atoms with Gasteiger partial charge >= 0.3 is 0 Å². The lowest BCUT2D eigenvalue weighted by Crippen LogP contribution is -2.65. The number of hydrogen-bond donors (Lipinski definition) is 0. The van der Waals surface area contributed by atoms with Crippen LogP contribution in [0.25, 0.3) is 44.5 Å². The predicted molar refractivity (Wildman–Crippen MR) is 396 cm³/mol. The average molecular weight is 1200 g/mol. The van der Waals surface area contributed by atoms with Gasteiger partial charge in [0.1, 0.15) is 0 Å². The quantitative estimate of drug-likeness (QED) is 0.134. The molecule has 444 valence electrons. The second-order valence-corrected chi connectivity index (χ2v) is 27.1. The molecule has 7 heteroatoms. The highest BCUT2D eigenvalue weighted by molar-refractivity contribution is 7.03. The second-order valence-electron chi connectivity index (χ2n) is 27.1. The van der Waals surface area contributed by atoms with Crippen LogP contribution in [0.2, 0.25) is 0 Å². The summed E-state index contributed by atoms with van der Waals surface area (Å²) in [5, 5.41) is 0. The zero-order chi connectivity index (χ0) is 61.5. The zero-order valence-corrected chi connectivity index (χ0v) is 52.2. The van der Waals surface area contributed by atoms with Crippen molar-refractivity contribution in [2.24, 2.45) is 11.8 Å². The molecule has 0 spiro atoms. The predicted octanol–water partition coefficient (Wildman–Crippen LogP) is 18.3. The van der Waals surface area contributed by atoms with E-state index in [1.54, 1.807) is 0 Å². The van der Waals surface area contributed by atoms with Gasteiger partial charge in [0.25, 0.3) is 13.4 Å². The number of nitrogens with zero attached hydrogens (tertiary/aromatic N) is 5. The standard InChI is InChI=1S/C87H65B2N5/c1-7-26-59(27-8-1)68-38-23-39-69(60-28-9-2-10-29-60)86(68)93-77-45-22-20-43-73(77)89-74-55-75-81(56-80(74)92(64-36-17-6-18-37-64)82-53-67(54-83(93)85(82)89)90-65-49-57-48-58(51-65)52-66(90)50-57)94(87-70(61-30-11-3-12-31-61)40-24-41-71(87)62-32-13-4-14-33-62)79-47-25-46-78-84(79)88(75)72-42-19-21-44-76(72)91(78)63-34-15-5-16-35-63/h1-47,53-58,65-66H,48-52H2. The lowest BCUT2D eigenvalue weighted by molar-refractivity contribution is 0.0900. The molecule has 94 heavy (non-hydrogen) atoms. The first kappa shape index (κ1) is 53.6. The minimum atomic E-state index is -0.148. The molecule has 13 aromatic carbocycles. The Balaban J connectivity index is 0.921. The van der Waals surface area contributed by atoms with Crippen LogP contribution in [0.1, 0.15) is 32.1 Å². The third-order valence-corrected chi connectivity index (χ3v) is 22.0. The molecule has 0 atom stereocenters. The summed E-state index contributed by atoms with van der Waals surface area (Å²) in [4.78, 5) is 13.6. The number of fused-ring (bicyclic) bond motifs is 8. The van der Waals surface area contributed by atoms with Gasteiger partial charge in [-0.1, -0.05) is 243 Å². The van der Waals surface area contributed by atoms with Gasteiger partial charge in [0.05, 0.1) is 11.4 Å².